The first kappa shape index (κ1) is 27.3. The van der Waals surface area contributed by atoms with Crippen molar-refractivity contribution in [2.45, 2.75) is 31.0 Å². The first-order chi connectivity index (χ1) is 17.8. The number of amides is 1. The second-order valence-corrected chi connectivity index (χ2v) is 9.32. The molecule has 4 rings (SSSR count). The molecule has 1 aliphatic heterocycles. The molecule has 1 amide bonds. The lowest BCUT2D eigenvalue weighted by Crippen LogP contribution is -2.47. The van der Waals surface area contributed by atoms with Crippen molar-refractivity contribution in [3.05, 3.63) is 82.4 Å². The van der Waals surface area contributed by atoms with E-state index in [0.717, 1.165) is 12.1 Å². The number of fused-ring (bicyclic) bond motifs is 1. The van der Waals surface area contributed by atoms with Gasteiger partial charge in [-0.2, -0.15) is 13.2 Å². The van der Waals surface area contributed by atoms with Crippen LogP contribution in [0.3, 0.4) is 0 Å². The molecule has 7 nitrogen and oxygen atoms in total. The third-order valence-corrected chi connectivity index (χ3v) is 6.82. The summed E-state index contributed by atoms with van der Waals surface area (Å²) in [4.78, 5) is 24.0. The standard InChI is InChI=1S/C27H23ClF3NO6/c1-15(20-9-8-19(13-21(20)28)38-18-6-3-16(4-7-18)11-25(34)35)26(36,27(29,30)31)17-5-10-23-22(12-17)32(2)24(33)14-37-23/h3-10,12-13,15,36H,11,14H2,1-2H3,(H,34,35). The number of carboxylic acids is 1. The summed E-state index contributed by atoms with van der Waals surface area (Å²) < 4.78 is 54.4. The Hall–Kier alpha value is -3.76. The SMILES string of the molecule is CC(c1ccc(Oc2ccc(CC(=O)O)cc2)cc1Cl)C(O)(c1ccc2c(c1)N(C)C(=O)CO2)C(F)(F)F. The summed E-state index contributed by atoms with van der Waals surface area (Å²) in [5, 5.41) is 20.0. The van der Waals surface area contributed by atoms with E-state index in [4.69, 9.17) is 26.2 Å². The van der Waals surface area contributed by atoms with Crippen LogP contribution >= 0.6 is 11.6 Å². The minimum Gasteiger partial charge on any atom is -0.482 e. The molecule has 2 N–H and O–H groups in total. The average Bonchev–Trinajstić information content (AvgIpc) is 2.85. The van der Waals surface area contributed by atoms with Crippen molar-refractivity contribution in [1.29, 1.82) is 0 Å². The Kier molecular flexibility index (Phi) is 7.31. The van der Waals surface area contributed by atoms with Gasteiger partial charge in [-0.1, -0.05) is 42.8 Å². The van der Waals surface area contributed by atoms with Crippen LogP contribution < -0.4 is 14.4 Å². The Balaban J connectivity index is 1.65. The van der Waals surface area contributed by atoms with Crippen LogP contribution in [0.2, 0.25) is 5.02 Å². The van der Waals surface area contributed by atoms with Gasteiger partial charge in [-0.25, -0.2) is 0 Å². The van der Waals surface area contributed by atoms with Crippen LogP contribution in [-0.2, 0) is 21.6 Å². The van der Waals surface area contributed by atoms with Gasteiger partial charge < -0.3 is 24.6 Å². The van der Waals surface area contributed by atoms with Crippen molar-refractivity contribution in [3.8, 4) is 17.2 Å². The van der Waals surface area contributed by atoms with Gasteiger partial charge in [0.15, 0.2) is 12.2 Å². The molecule has 0 fully saturated rings. The molecule has 0 saturated heterocycles. The minimum atomic E-state index is -5.10. The zero-order valence-corrected chi connectivity index (χ0v) is 21.0. The van der Waals surface area contributed by atoms with Gasteiger partial charge >= 0.3 is 12.1 Å². The van der Waals surface area contributed by atoms with Crippen molar-refractivity contribution in [2.75, 3.05) is 18.6 Å². The lowest BCUT2D eigenvalue weighted by Gasteiger charge is -2.38. The number of alkyl halides is 3. The third-order valence-electron chi connectivity index (χ3n) is 6.50. The second kappa shape index (κ2) is 10.2. The fourth-order valence-corrected chi connectivity index (χ4v) is 4.64. The quantitative estimate of drug-likeness (QED) is 0.394. The summed E-state index contributed by atoms with van der Waals surface area (Å²) in [6.45, 7) is 0.973. The maximum Gasteiger partial charge on any atom is 0.422 e. The van der Waals surface area contributed by atoms with Crippen molar-refractivity contribution in [1.82, 2.24) is 0 Å². The van der Waals surface area contributed by atoms with Gasteiger partial charge in [-0.15, -0.1) is 0 Å². The van der Waals surface area contributed by atoms with E-state index in [-0.39, 0.29) is 40.8 Å². The smallest absolute Gasteiger partial charge is 0.422 e. The number of aliphatic carboxylic acids is 1. The number of hydrogen-bond donors (Lipinski definition) is 2. The normalized spacial score (nSPS) is 15.8. The van der Waals surface area contributed by atoms with Crippen molar-refractivity contribution >= 4 is 29.2 Å². The Morgan fingerprint density at radius 2 is 1.76 bits per heavy atom. The van der Waals surface area contributed by atoms with E-state index in [2.05, 4.69) is 0 Å². The lowest BCUT2D eigenvalue weighted by molar-refractivity contribution is -0.274. The molecule has 0 spiro atoms. The predicted molar refractivity (Wildman–Crippen MR) is 133 cm³/mol. The maximum atomic E-state index is 14.5. The van der Waals surface area contributed by atoms with Crippen molar-refractivity contribution in [2.24, 2.45) is 0 Å². The van der Waals surface area contributed by atoms with Gasteiger partial charge in [0.05, 0.1) is 12.1 Å². The largest absolute Gasteiger partial charge is 0.482 e. The number of carbonyl (C=O) groups is 2. The monoisotopic (exact) mass is 549 g/mol. The molecule has 2 unspecified atom stereocenters. The highest BCUT2D eigenvalue weighted by molar-refractivity contribution is 6.31. The van der Waals surface area contributed by atoms with Gasteiger partial charge in [0, 0.05) is 18.0 Å². The first-order valence-electron chi connectivity index (χ1n) is 11.4. The van der Waals surface area contributed by atoms with Gasteiger partial charge in [0.1, 0.15) is 17.2 Å². The molecule has 3 aromatic carbocycles. The number of nitrogens with zero attached hydrogens (tertiary/aromatic N) is 1. The zero-order chi connectivity index (χ0) is 27.8. The molecule has 2 atom stereocenters. The lowest BCUT2D eigenvalue weighted by atomic mass is 9.77. The minimum absolute atomic E-state index is 0.0223. The van der Waals surface area contributed by atoms with E-state index in [1.807, 2.05) is 0 Å². The fraction of sp³-hybridized carbons (Fsp3) is 0.259. The molecule has 1 heterocycles. The second-order valence-electron chi connectivity index (χ2n) is 8.91. The van der Waals surface area contributed by atoms with Gasteiger partial charge in [-0.3, -0.25) is 9.59 Å². The van der Waals surface area contributed by atoms with Crippen LogP contribution in [0, 0.1) is 0 Å². The van der Waals surface area contributed by atoms with E-state index in [1.165, 1.54) is 43.1 Å². The molecule has 0 radical (unpaired) electrons. The van der Waals surface area contributed by atoms with Gasteiger partial charge in [0.25, 0.3) is 5.91 Å². The highest BCUT2D eigenvalue weighted by atomic mass is 35.5. The van der Waals surface area contributed by atoms with Crippen LogP contribution in [0.15, 0.2) is 60.7 Å². The van der Waals surface area contributed by atoms with E-state index in [9.17, 15) is 27.9 Å². The molecule has 0 saturated carbocycles. The van der Waals surface area contributed by atoms with Crippen LogP contribution in [0.25, 0.3) is 0 Å². The predicted octanol–water partition coefficient (Wildman–Crippen LogP) is 5.67. The molecule has 1 aliphatic rings. The van der Waals surface area contributed by atoms with E-state index < -0.39 is 35.1 Å². The number of carboxylic acid groups (broad SMARTS) is 1. The summed E-state index contributed by atoms with van der Waals surface area (Å²) in [5.74, 6) is -2.13. The van der Waals surface area contributed by atoms with Crippen molar-refractivity contribution in [3.63, 3.8) is 0 Å². The maximum absolute atomic E-state index is 14.5. The van der Waals surface area contributed by atoms with Gasteiger partial charge in [0.2, 0.25) is 0 Å². The summed E-state index contributed by atoms with van der Waals surface area (Å²) in [6, 6.07) is 13.9. The van der Waals surface area contributed by atoms with Crippen LogP contribution in [0.4, 0.5) is 18.9 Å². The molecular formula is C27H23ClF3NO6. The van der Waals surface area contributed by atoms with Crippen LogP contribution in [0.5, 0.6) is 17.2 Å². The summed E-state index contributed by atoms with van der Waals surface area (Å²) in [7, 11) is 1.42. The molecule has 0 bridgehead atoms. The van der Waals surface area contributed by atoms with Crippen LogP contribution in [0.1, 0.15) is 29.5 Å². The molecule has 0 aromatic heterocycles. The summed E-state index contributed by atoms with van der Waals surface area (Å²) in [5.41, 5.74) is -3.12. The fourth-order valence-electron chi connectivity index (χ4n) is 4.30. The summed E-state index contributed by atoms with van der Waals surface area (Å²) in [6.07, 6.45) is -5.25. The number of aliphatic hydroxyl groups is 1. The Labute approximate surface area is 221 Å². The number of likely N-dealkylation sites (N-methyl/N-ethyl adjacent to an activating group) is 1. The first-order valence-corrected chi connectivity index (χ1v) is 11.8. The van der Waals surface area contributed by atoms with E-state index >= 15 is 0 Å². The topological polar surface area (TPSA) is 96.3 Å². The Morgan fingerprint density at radius 3 is 2.37 bits per heavy atom. The van der Waals surface area contributed by atoms with E-state index in [0.29, 0.717) is 11.3 Å². The third kappa shape index (κ3) is 5.14. The molecule has 0 aliphatic carbocycles. The molecule has 38 heavy (non-hydrogen) atoms. The number of rotatable bonds is 7. The zero-order valence-electron chi connectivity index (χ0n) is 20.3. The Bertz CT molecular complexity index is 1380. The highest BCUT2D eigenvalue weighted by Gasteiger charge is 2.59. The molecular weight excluding hydrogens is 527 g/mol. The number of benzene rings is 3. The Morgan fingerprint density at radius 1 is 1.11 bits per heavy atom. The molecule has 3 aromatic rings. The number of ether oxygens (including phenoxy) is 2. The molecule has 200 valence electrons. The summed E-state index contributed by atoms with van der Waals surface area (Å²) >= 11 is 6.38. The van der Waals surface area contributed by atoms with E-state index in [1.54, 1.807) is 24.3 Å². The number of anilines is 1. The highest BCUT2D eigenvalue weighted by Crippen LogP contribution is 2.51. The number of carbonyl (C=O) groups excluding carboxylic acids is 1. The van der Waals surface area contributed by atoms with Gasteiger partial charge in [-0.05, 0) is 53.1 Å². The van der Waals surface area contributed by atoms with Crippen molar-refractivity contribution < 1.29 is 42.4 Å². The number of halogens is 4. The number of hydrogen-bond acceptors (Lipinski definition) is 5. The van der Waals surface area contributed by atoms with Crippen LogP contribution in [-0.4, -0.2) is 41.9 Å². The molecule has 11 heteroatoms. The average molecular weight is 550 g/mol.